The highest BCUT2D eigenvalue weighted by Gasteiger charge is 2.30. The number of para-hydroxylation sites is 1. The lowest BCUT2D eigenvalue weighted by Gasteiger charge is -2.35. The highest BCUT2D eigenvalue weighted by molar-refractivity contribution is 7.89. The standard InChI is InChI=1S/C20H26N4O3S/c1-17(2)24(18-7-4-3-5-8-18)20(25)16-22-11-13-23(14-12-22)28(26,27)19-9-6-10-21-15-19/h3-10,15,17H,11-14,16H2,1-2H3. The summed E-state index contributed by atoms with van der Waals surface area (Å²) in [6.07, 6.45) is 2.92. The highest BCUT2D eigenvalue weighted by Crippen LogP contribution is 2.19. The number of benzene rings is 1. The summed E-state index contributed by atoms with van der Waals surface area (Å²) < 4.78 is 26.8. The maximum Gasteiger partial charge on any atom is 0.244 e. The summed E-state index contributed by atoms with van der Waals surface area (Å²) in [4.78, 5) is 20.8. The van der Waals surface area contributed by atoms with E-state index in [4.69, 9.17) is 0 Å². The molecule has 0 bridgehead atoms. The molecule has 0 saturated carbocycles. The number of pyridine rings is 1. The van der Waals surface area contributed by atoms with Crippen LogP contribution in [0.25, 0.3) is 0 Å². The van der Waals surface area contributed by atoms with Gasteiger partial charge in [-0.1, -0.05) is 18.2 Å². The van der Waals surface area contributed by atoms with E-state index in [1.165, 1.54) is 10.5 Å². The molecular formula is C20H26N4O3S. The van der Waals surface area contributed by atoms with E-state index >= 15 is 0 Å². The number of amides is 1. The molecule has 0 spiro atoms. The first-order valence-electron chi connectivity index (χ1n) is 9.39. The van der Waals surface area contributed by atoms with Crippen LogP contribution in [0.4, 0.5) is 5.69 Å². The third kappa shape index (κ3) is 4.57. The maximum atomic E-state index is 12.9. The Hall–Kier alpha value is -2.29. The quantitative estimate of drug-likeness (QED) is 0.737. The number of rotatable bonds is 6. The maximum absolute atomic E-state index is 12.9. The Kier molecular flexibility index (Phi) is 6.43. The van der Waals surface area contributed by atoms with Crippen molar-refractivity contribution in [1.29, 1.82) is 0 Å². The number of hydrogen-bond acceptors (Lipinski definition) is 5. The van der Waals surface area contributed by atoms with Gasteiger partial charge in [-0.25, -0.2) is 8.42 Å². The number of carbonyl (C=O) groups is 1. The minimum atomic E-state index is -3.54. The number of anilines is 1. The molecule has 1 fully saturated rings. The summed E-state index contributed by atoms with van der Waals surface area (Å²) in [6.45, 7) is 6.01. The van der Waals surface area contributed by atoms with Crippen LogP contribution in [0.1, 0.15) is 13.8 Å². The third-order valence-electron chi connectivity index (χ3n) is 4.78. The van der Waals surface area contributed by atoms with Crippen molar-refractivity contribution in [2.24, 2.45) is 0 Å². The Morgan fingerprint density at radius 1 is 1.07 bits per heavy atom. The van der Waals surface area contributed by atoms with Gasteiger partial charge in [0.15, 0.2) is 0 Å². The number of sulfonamides is 1. The van der Waals surface area contributed by atoms with E-state index in [-0.39, 0.29) is 23.4 Å². The van der Waals surface area contributed by atoms with Gasteiger partial charge >= 0.3 is 0 Å². The Morgan fingerprint density at radius 2 is 1.75 bits per heavy atom. The summed E-state index contributed by atoms with van der Waals surface area (Å²) in [5, 5.41) is 0. The van der Waals surface area contributed by atoms with Gasteiger partial charge < -0.3 is 4.90 Å². The van der Waals surface area contributed by atoms with Crippen molar-refractivity contribution >= 4 is 21.6 Å². The Labute approximate surface area is 166 Å². The van der Waals surface area contributed by atoms with Crippen molar-refractivity contribution in [2.45, 2.75) is 24.8 Å². The van der Waals surface area contributed by atoms with Gasteiger partial charge in [0.2, 0.25) is 15.9 Å². The number of piperazine rings is 1. The smallest absolute Gasteiger partial charge is 0.244 e. The van der Waals surface area contributed by atoms with Crippen LogP contribution in [0.15, 0.2) is 59.8 Å². The van der Waals surface area contributed by atoms with Crippen molar-refractivity contribution in [1.82, 2.24) is 14.2 Å². The van der Waals surface area contributed by atoms with Crippen LogP contribution < -0.4 is 4.90 Å². The van der Waals surface area contributed by atoms with E-state index in [1.807, 2.05) is 49.1 Å². The molecule has 1 aliphatic rings. The fraction of sp³-hybridized carbons (Fsp3) is 0.400. The first-order valence-corrected chi connectivity index (χ1v) is 10.8. The Morgan fingerprint density at radius 3 is 2.32 bits per heavy atom. The lowest BCUT2D eigenvalue weighted by Crippen LogP contribution is -2.52. The SMILES string of the molecule is CC(C)N(C(=O)CN1CCN(S(=O)(=O)c2cccnc2)CC1)c1ccccc1. The van der Waals surface area contributed by atoms with Gasteiger partial charge in [0, 0.05) is 50.3 Å². The minimum Gasteiger partial charge on any atom is -0.309 e. The monoisotopic (exact) mass is 402 g/mol. The van der Waals surface area contributed by atoms with Crippen LogP contribution in [0.5, 0.6) is 0 Å². The fourth-order valence-electron chi connectivity index (χ4n) is 3.36. The van der Waals surface area contributed by atoms with Crippen LogP contribution in [0, 0.1) is 0 Å². The average molecular weight is 403 g/mol. The lowest BCUT2D eigenvalue weighted by atomic mass is 10.2. The van der Waals surface area contributed by atoms with Gasteiger partial charge in [0.1, 0.15) is 4.90 Å². The molecular weight excluding hydrogens is 376 g/mol. The summed E-state index contributed by atoms with van der Waals surface area (Å²) in [6, 6.07) is 12.8. The second-order valence-corrected chi connectivity index (χ2v) is 9.00. The summed E-state index contributed by atoms with van der Waals surface area (Å²) >= 11 is 0. The van der Waals surface area contributed by atoms with Crippen molar-refractivity contribution in [3.8, 4) is 0 Å². The van der Waals surface area contributed by atoms with Crippen LogP contribution in [-0.4, -0.2) is 67.3 Å². The molecule has 0 N–H and O–H groups in total. The van der Waals surface area contributed by atoms with E-state index in [1.54, 1.807) is 23.2 Å². The topological polar surface area (TPSA) is 73.8 Å². The minimum absolute atomic E-state index is 0.0183. The molecule has 7 nitrogen and oxygen atoms in total. The zero-order valence-corrected chi connectivity index (χ0v) is 17.0. The molecule has 1 aliphatic heterocycles. The van der Waals surface area contributed by atoms with Gasteiger partial charge in [-0.15, -0.1) is 0 Å². The molecule has 0 unspecified atom stereocenters. The number of carbonyl (C=O) groups excluding carboxylic acids is 1. The first kappa shape index (κ1) is 20.4. The van der Waals surface area contributed by atoms with Gasteiger partial charge in [0.25, 0.3) is 0 Å². The molecule has 1 aromatic carbocycles. The number of nitrogens with zero attached hydrogens (tertiary/aromatic N) is 4. The largest absolute Gasteiger partial charge is 0.309 e. The number of aromatic nitrogens is 1. The van der Waals surface area contributed by atoms with Crippen LogP contribution in [0.2, 0.25) is 0 Å². The Balaban J connectivity index is 1.61. The van der Waals surface area contributed by atoms with Crippen molar-refractivity contribution < 1.29 is 13.2 Å². The molecule has 1 aromatic heterocycles. The lowest BCUT2D eigenvalue weighted by molar-refractivity contribution is -0.120. The molecule has 2 aromatic rings. The van der Waals surface area contributed by atoms with Crippen molar-refractivity contribution in [3.63, 3.8) is 0 Å². The number of hydrogen-bond donors (Lipinski definition) is 0. The normalized spacial score (nSPS) is 16.2. The third-order valence-corrected chi connectivity index (χ3v) is 6.66. The van der Waals surface area contributed by atoms with Gasteiger partial charge in [-0.2, -0.15) is 4.31 Å². The van der Waals surface area contributed by atoms with Gasteiger partial charge in [0.05, 0.1) is 6.54 Å². The zero-order chi connectivity index (χ0) is 20.1. The fourth-order valence-corrected chi connectivity index (χ4v) is 4.75. The molecule has 3 rings (SSSR count). The predicted molar refractivity (Wildman–Crippen MR) is 108 cm³/mol. The van der Waals surface area contributed by atoms with Crippen molar-refractivity contribution in [3.05, 3.63) is 54.9 Å². The van der Waals surface area contributed by atoms with E-state index in [2.05, 4.69) is 4.98 Å². The Bertz CT molecular complexity index is 880. The van der Waals surface area contributed by atoms with Crippen molar-refractivity contribution in [2.75, 3.05) is 37.6 Å². The van der Waals surface area contributed by atoms with Crippen LogP contribution in [0.3, 0.4) is 0 Å². The van der Waals surface area contributed by atoms with E-state index in [9.17, 15) is 13.2 Å². The summed E-state index contributed by atoms with van der Waals surface area (Å²) in [5.41, 5.74) is 0.875. The second kappa shape index (κ2) is 8.81. The molecule has 8 heteroatoms. The van der Waals surface area contributed by atoms with Crippen LogP contribution in [-0.2, 0) is 14.8 Å². The molecule has 28 heavy (non-hydrogen) atoms. The average Bonchev–Trinajstić information content (AvgIpc) is 2.70. The molecule has 2 heterocycles. The predicted octanol–water partition coefficient (Wildman–Crippen LogP) is 1.83. The summed E-state index contributed by atoms with van der Waals surface area (Å²) in [7, 11) is -3.54. The van der Waals surface area contributed by atoms with Crippen LogP contribution >= 0.6 is 0 Å². The second-order valence-electron chi connectivity index (χ2n) is 7.06. The molecule has 150 valence electrons. The zero-order valence-electron chi connectivity index (χ0n) is 16.2. The molecule has 0 atom stereocenters. The first-order chi connectivity index (χ1) is 13.4. The molecule has 1 saturated heterocycles. The highest BCUT2D eigenvalue weighted by atomic mass is 32.2. The van der Waals surface area contributed by atoms with Gasteiger partial charge in [-0.3, -0.25) is 14.7 Å². The van der Waals surface area contributed by atoms with E-state index < -0.39 is 10.0 Å². The van der Waals surface area contributed by atoms with E-state index in [0.29, 0.717) is 26.2 Å². The van der Waals surface area contributed by atoms with Gasteiger partial charge in [-0.05, 0) is 38.1 Å². The molecule has 0 radical (unpaired) electrons. The van der Waals surface area contributed by atoms with E-state index in [0.717, 1.165) is 5.69 Å². The summed E-state index contributed by atoms with van der Waals surface area (Å²) in [5.74, 6) is 0.0183. The molecule has 1 amide bonds. The molecule has 0 aliphatic carbocycles.